The molecule has 0 radical (unpaired) electrons. The number of fused-ring (bicyclic) bond motifs is 2. The van der Waals surface area contributed by atoms with Crippen LogP contribution in [0.25, 0.3) is 55.7 Å². The minimum atomic E-state index is -0.404. The quantitative estimate of drug-likeness (QED) is 0.0687. The van der Waals surface area contributed by atoms with E-state index in [0.29, 0.717) is 92.9 Å². The highest BCUT2D eigenvalue weighted by molar-refractivity contribution is 5.99. The molecule has 6 heterocycles. The van der Waals surface area contributed by atoms with Gasteiger partial charge in [-0.15, -0.1) is 0 Å². The molecule has 9 aromatic rings. The van der Waals surface area contributed by atoms with Crippen molar-refractivity contribution in [3.63, 3.8) is 0 Å². The highest BCUT2D eigenvalue weighted by Gasteiger charge is 2.33. The first-order chi connectivity index (χ1) is 41.4. The van der Waals surface area contributed by atoms with Crippen LogP contribution in [0.2, 0.25) is 0 Å². The molecule has 2 aliphatic carbocycles. The minimum Gasteiger partial charge on any atom is -0.504 e. The van der Waals surface area contributed by atoms with Crippen LogP contribution in [0.3, 0.4) is 0 Å². The van der Waals surface area contributed by atoms with E-state index in [1.165, 1.54) is 37.5 Å². The third-order valence-corrected chi connectivity index (χ3v) is 17.9. The number of hydrogen-bond donors (Lipinski definition) is 5. The number of benzene rings is 5. The van der Waals surface area contributed by atoms with E-state index in [4.69, 9.17) is 26.4 Å². The molecule has 0 amide bonds. The largest absolute Gasteiger partial charge is 0.504 e. The lowest BCUT2D eigenvalue weighted by molar-refractivity contribution is 0.0815. The number of ether oxygens (including phenoxy) is 1. The zero-order valence-corrected chi connectivity index (χ0v) is 48.7. The second-order valence-electron chi connectivity index (χ2n) is 23.3. The first-order valence-corrected chi connectivity index (χ1v) is 29.8. The Kier molecular flexibility index (Phi) is 17.1. The van der Waals surface area contributed by atoms with E-state index in [1.807, 2.05) is 39.7 Å². The molecule has 13 rings (SSSR count). The van der Waals surface area contributed by atoms with Gasteiger partial charge < -0.3 is 41.7 Å². The molecule has 2 saturated heterocycles. The highest BCUT2D eigenvalue weighted by atomic mass is 19.1. The van der Waals surface area contributed by atoms with Crippen LogP contribution >= 0.6 is 0 Å². The fraction of sp³-hybridized carbons (Fsp3) is 0.385. The van der Waals surface area contributed by atoms with E-state index in [9.17, 15) is 5.11 Å². The first-order valence-electron chi connectivity index (χ1n) is 29.8. The van der Waals surface area contributed by atoms with Gasteiger partial charge in [-0.2, -0.15) is 10.2 Å². The summed E-state index contributed by atoms with van der Waals surface area (Å²) in [6, 6.07) is 35.5. The zero-order valence-electron chi connectivity index (χ0n) is 48.7. The summed E-state index contributed by atoms with van der Waals surface area (Å²) in [6.07, 6.45) is 11.6. The third kappa shape index (κ3) is 12.6. The van der Waals surface area contributed by atoms with Crippen LogP contribution in [0, 0.1) is 11.6 Å². The topological polar surface area (TPSA) is 206 Å². The van der Waals surface area contributed by atoms with E-state index in [1.54, 1.807) is 30.3 Å². The van der Waals surface area contributed by atoms with E-state index >= 15 is 8.78 Å². The number of phenolic OH excluding ortho intramolecular Hbond substituents is 1. The van der Waals surface area contributed by atoms with Crippen molar-refractivity contribution in [3.8, 4) is 45.1 Å². The summed E-state index contributed by atoms with van der Waals surface area (Å²) in [4.78, 5) is 27.7. The van der Waals surface area contributed by atoms with Crippen LogP contribution in [0.15, 0.2) is 122 Å². The number of nitrogens with two attached hydrogens (primary N) is 2. The summed E-state index contributed by atoms with van der Waals surface area (Å²) in [6.45, 7) is 9.94. The number of nitrogens with one attached hydrogen (secondary N) is 2. The number of halogens is 2. The van der Waals surface area contributed by atoms with Crippen molar-refractivity contribution in [3.05, 3.63) is 145 Å². The second kappa shape index (κ2) is 25.5. The summed E-state index contributed by atoms with van der Waals surface area (Å²) in [5, 5.41) is 27.5. The van der Waals surface area contributed by atoms with E-state index < -0.39 is 5.82 Å². The number of anilines is 4. The van der Waals surface area contributed by atoms with Crippen molar-refractivity contribution in [2.45, 2.75) is 88.6 Å². The second-order valence-corrected chi connectivity index (χ2v) is 23.3. The van der Waals surface area contributed by atoms with Crippen LogP contribution in [-0.2, 0) is 13.1 Å². The molecule has 0 atom stereocenters. The van der Waals surface area contributed by atoms with Crippen molar-refractivity contribution in [1.82, 2.24) is 59.1 Å². The smallest absolute Gasteiger partial charge is 0.164 e. The molecule has 0 unspecified atom stereocenters. The van der Waals surface area contributed by atoms with Crippen molar-refractivity contribution >= 4 is 45.1 Å². The lowest BCUT2D eigenvalue weighted by Gasteiger charge is -2.41. The number of phenols is 1. The predicted octanol–water partition coefficient (Wildman–Crippen LogP) is 10.5. The summed E-state index contributed by atoms with van der Waals surface area (Å²) in [5.41, 5.74) is 21.7. The first kappa shape index (κ1) is 57.1. The molecule has 2 saturated carbocycles. The molecule has 7 N–H and O–H groups in total. The molecular weight excluding hydrogens is 1070 g/mol. The number of aromatic hydroxyl groups is 1. The van der Waals surface area contributed by atoms with Crippen molar-refractivity contribution in [1.29, 1.82) is 0 Å². The molecule has 18 nitrogen and oxygen atoms in total. The minimum absolute atomic E-state index is 0.0600. The van der Waals surface area contributed by atoms with Gasteiger partial charge in [0.1, 0.15) is 47.3 Å². The third-order valence-electron chi connectivity index (χ3n) is 17.9. The lowest BCUT2D eigenvalue weighted by Crippen LogP contribution is -2.49. The standard InChI is InChI=1S/C35H39FN8.C30H37FN8O2/c1-42-17-19-43(20-18-42)28-12-14-29(15-13-28)44-35-32(34(37)39-23-40-35)33(41-44)27-11-16-31(30(36)21-27)38-22-24-7-9-26(10-8-24)25-5-3-2-4-6-25;1-37-11-13-38(14-12-37)21-5-7-22(8-6-21)39-30-27(29(32)34-18-35-30)28(36-39)20-4-9-24(23(31)16-20)33-17-19-3-10-25(40)26(15-19)41-2/h2-11,16,21,23,28-29,38H,12-15,17-20,22H2,1H3,(H2,37,39,40);3-4,9-10,15-16,18,21-22,33,40H,5-8,11-14,17H2,1-2H3,(H2,32,34,35). The Balaban J connectivity index is 0.000000167. The highest BCUT2D eigenvalue weighted by Crippen LogP contribution is 2.40. The molecule has 85 heavy (non-hydrogen) atoms. The molecule has 5 aromatic carbocycles. The molecule has 20 heteroatoms. The van der Waals surface area contributed by atoms with Crippen LogP contribution in [0.5, 0.6) is 11.5 Å². The molecule has 2 aliphatic heterocycles. The average molecular weight is 1150 g/mol. The van der Waals surface area contributed by atoms with Gasteiger partial charge in [-0.3, -0.25) is 9.80 Å². The molecule has 0 spiro atoms. The van der Waals surface area contributed by atoms with Crippen molar-refractivity contribution in [2.75, 3.05) is 95.7 Å². The van der Waals surface area contributed by atoms with Crippen molar-refractivity contribution < 1.29 is 18.6 Å². The van der Waals surface area contributed by atoms with Gasteiger partial charge in [0, 0.05) is 88.7 Å². The molecule has 4 fully saturated rings. The maximum Gasteiger partial charge on any atom is 0.164 e. The van der Waals surface area contributed by atoms with Crippen LogP contribution in [-0.4, -0.2) is 150 Å². The number of methoxy groups -OCH3 is 1. The SMILES string of the molecule is CN1CCN(C2CCC(n3nc(-c4ccc(NCc5ccc(-c6ccccc6)cc5)c(F)c4)c4c(N)ncnc43)CC2)CC1.COc1cc(CNc2ccc(-c3nn(C4CCC(N5CCN(C)CC5)CC4)c4ncnc(N)c34)cc2F)ccc1O. The average Bonchev–Trinajstić information content (AvgIpc) is 3.57. The number of nitrogen functional groups attached to an aromatic ring is 2. The fourth-order valence-electron chi connectivity index (χ4n) is 12.9. The maximum absolute atomic E-state index is 15.5. The Labute approximate surface area is 494 Å². The number of likely N-dealkylation sites (N-methyl/N-ethyl adjacent to an activating group) is 2. The van der Waals surface area contributed by atoms with Crippen LogP contribution in [0.4, 0.5) is 31.8 Å². The van der Waals surface area contributed by atoms with Gasteiger partial charge in [-0.1, -0.05) is 72.8 Å². The van der Waals surface area contributed by atoms with Gasteiger partial charge >= 0.3 is 0 Å². The van der Waals surface area contributed by atoms with Gasteiger partial charge in [0.15, 0.2) is 22.8 Å². The number of hydrogen-bond acceptors (Lipinski definition) is 16. The van der Waals surface area contributed by atoms with Gasteiger partial charge in [0.05, 0.1) is 41.3 Å². The number of rotatable bonds is 14. The molecule has 4 aliphatic rings. The van der Waals surface area contributed by atoms with E-state index in [0.717, 1.165) is 126 Å². The Morgan fingerprint density at radius 1 is 0.506 bits per heavy atom. The summed E-state index contributed by atoms with van der Waals surface area (Å²) >= 11 is 0. The van der Waals surface area contributed by atoms with Crippen molar-refractivity contribution in [2.24, 2.45) is 0 Å². The van der Waals surface area contributed by atoms with E-state index in [2.05, 4.69) is 101 Å². The monoisotopic (exact) mass is 1150 g/mol. The zero-order chi connectivity index (χ0) is 58.6. The molecule has 0 bridgehead atoms. The number of nitrogens with zero attached hydrogens (tertiary/aromatic N) is 12. The van der Waals surface area contributed by atoms with Gasteiger partial charge in [0.25, 0.3) is 0 Å². The normalized spacial score (nSPS) is 20.1. The van der Waals surface area contributed by atoms with Gasteiger partial charge in [-0.05, 0) is 124 Å². The number of aromatic nitrogens is 8. The van der Waals surface area contributed by atoms with Crippen LogP contribution < -0.4 is 26.8 Å². The van der Waals surface area contributed by atoms with Gasteiger partial charge in [-0.25, -0.2) is 38.1 Å². The Hall–Kier alpha value is -8.30. The lowest BCUT2D eigenvalue weighted by atomic mass is 9.90. The molecule has 4 aromatic heterocycles. The Morgan fingerprint density at radius 2 is 0.929 bits per heavy atom. The maximum atomic E-state index is 15.5. The summed E-state index contributed by atoms with van der Waals surface area (Å²) < 4.78 is 40.0. The molecular formula is C65H76F2N16O2. The Morgan fingerprint density at radius 3 is 1.39 bits per heavy atom. The fourth-order valence-corrected chi connectivity index (χ4v) is 12.9. The van der Waals surface area contributed by atoms with E-state index in [-0.39, 0.29) is 23.7 Å². The summed E-state index contributed by atoms with van der Waals surface area (Å²) in [7, 11) is 5.88. The summed E-state index contributed by atoms with van der Waals surface area (Å²) in [5.74, 6) is 0.392. The predicted molar refractivity (Wildman–Crippen MR) is 332 cm³/mol. The van der Waals surface area contributed by atoms with Crippen LogP contribution in [0.1, 0.15) is 74.6 Å². The van der Waals surface area contributed by atoms with Gasteiger partial charge in [0.2, 0.25) is 0 Å². The number of piperazine rings is 2. The molecule has 442 valence electrons. The Bertz CT molecular complexity index is 3730.